The number of piperidine rings is 1. The van der Waals surface area contributed by atoms with E-state index in [1.54, 1.807) is 0 Å². The lowest BCUT2D eigenvalue weighted by atomic mass is 10.1. The summed E-state index contributed by atoms with van der Waals surface area (Å²) in [5.41, 5.74) is 2.11. The molecule has 0 N–H and O–H groups in total. The first-order chi connectivity index (χ1) is 10.7. The highest BCUT2D eigenvalue weighted by molar-refractivity contribution is 5.71. The molecule has 2 aromatic heterocycles. The van der Waals surface area contributed by atoms with Crippen molar-refractivity contribution in [2.75, 3.05) is 33.7 Å². The van der Waals surface area contributed by atoms with Crippen molar-refractivity contribution in [1.29, 1.82) is 0 Å². The quantitative estimate of drug-likeness (QED) is 0.853. The number of imidazole rings is 1. The molecule has 2 aliphatic rings. The number of aromatic nitrogens is 3. The van der Waals surface area contributed by atoms with Crippen LogP contribution in [0.5, 0.6) is 0 Å². The van der Waals surface area contributed by atoms with Crippen LogP contribution in [0.25, 0.3) is 11.2 Å². The number of hydrogen-bond donors (Lipinski definition) is 0. The number of likely N-dealkylation sites (N-methyl/N-ethyl adjacent to an activating group) is 1. The molecule has 22 heavy (non-hydrogen) atoms. The van der Waals surface area contributed by atoms with E-state index in [4.69, 9.17) is 4.98 Å². The summed E-state index contributed by atoms with van der Waals surface area (Å²) in [5.74, 6) is 1.78. The average Bonchev–Trinajstić information content (AvgIpc) is 3.11. The molecule has 2 unspecified atom stereocenters. The van der Waals surface area contributed by atoms with Crippen LogP contribution in [0.2, 0.25) is 0 Å². The van der Waals surface area contributed by atoms with Gasteiger partial charge < -0.3 is 4.90 Å². The zero-order valence-corrected chi connectivity index (χ0v) is 13.6. The fourth-order valence-electron chi connectivity index (χ4n) is 4.06. The number of likely N-dealkylation sites (tertiary alicyclic amines) is 2. The molecule has 0 radical (unpaired) electrons. The normalized spacial score (nSPS) is 27.7. The number of pyridine rings is 1. The lowest BCUT2D eigenvalue weighted by Gasteiger charge is -2.35. The maximum absolute atomic E-state index is 4.99. The highest BCUT2D eigenvalue weighted by Gasteiger charge is 2.31. The van der Waals surface area contributed by atoms with Gasteiger partial charge in [-0.05, 0) is 65.0 Å². The molecule has 2 aliphatic heterocycles. The van der Waals surface area contributed by atoms with Gasteiger partial charge in [0.1, 0.15) is 11.3 Å². The summed E-state index contributed by atoms with van der Waals surface area (Å²) in [6, 6.07) is 4.10. The van der Waals surface area contributed by atoms with Crippen LogP contribution in [0.4, 0.5) is 0 Å². The molecule has 5 nitrogen and oxygen atoms in total. The number of nitrogens with zero attached hydrogens (tertiary/aromatic N) is 5. The van der Waals surface area contributed by atoms with Crippen LogP contribution in [-0.4, -0.2) is 58.1 Å². The van der Waals surface area contributed by atoms with Crippen molar-refractivity contribution < 1.29 is 0 Å². The lowest BCUT2D eigenvalue weighted by Crippen LogP contribution is -2.35. The third-order valence-corrected chi connectivity index (χ3v) is 5.26. The van der Waals surface area contributed by atoms with Crippen LogP contribution in [-0.2, 0) is 0 Å². The SMILES string of the molecule is CN1CCC(c2nc3cccnc3n2C2CCCCN2C)C1. The van der Waals surface area contributed by atoms with Crippen molar-refractivity contribution in [2.45, 2.75) is 37.8 Å². The Labute approximate surface area is 131 Å². The molecule has 0 amide bonds. The molecular formula is C17H25N5. The number of fused-ring (bicyclic) bond motifs is 1. The zero-order valence-electron chi connectivity index (χ0n) is 13.6. The Hall–Kier alpha value is -1.46. The first kappa shape index (κ1) is 14.2. The van der Waals surface area contributed by atoms with Crippen molar-refractivity contribution in [1.82, 2.24) is 24.3 Å². The molecular weight excluding hydrogens is 274 g/mol. The van der Waals surface area contributed by atoms with Crippen molar-refractivity contribution in [3.63, 3.8) is 0 Å². The highest BCUT2D eigenvalue weighted by atomic mass is 15.3. The molecule has 0 saturated carbocycles. The van der Waals surface area contributed by atoms with Gasteiger partial charge in [0, 0.05) is 18.7 Å². The molecule has 0 spiro atoms. The second-order valence-corrected chi connectivity index (χ2v) is 6.89. The summed E-state index contributed by atoms with van der Waals surface area (Å²) >= 11 is 0. The first-order valence-electron chi connectivity index (χ1n) is 8.45. The summed E-state index contributed by atoms with van der Waals surface area (Å²) < 4.78 is 2.44. The van der Waals surface area contributed by atoms with Gasteiger partial charge in [-0.1, -0.05) is 0 Å². The third-order valence-electron chi connectivity index (χ3n) is 5.26. The largest absolute Gasteiger partial charge is 0.306 e. The smallest absolute Gasteiger partial charge is 0.161 e. The van der Waals surface area contributed by atoms with Gasteiger partial charge in [-0.25, -0.2) is 9.97 Å². The summed E-state index contributed by atoms with van der Waals surface area (Å²) in [5, 5.41) is 0. The van der Waals surface area contributed by atoms with E-state index in [-0.39, 0.29) is 0 Å². The molecule has 118 valence electrons. The first-order valence-corrected chi connectivity index (χ1v) is 8.45. The molecule has 2 aromatic rings. The number of rotatable bonds is 2. The maximum atomic E-state index is 4.99. The monoisotopic (exact) mass is 299 g/mol. The van der Waals surface area contributed by atoms with Crippen LogP contribution in [0.15, 0.2) is 18.3 Å². The van der Waals surface area contributed by atoms with Gasteiger partial charge in [0.05, 0.1) is 6.17 Å². The van der Waals surface area contributed by atoms with E-state index in [2.05, 4.69) is 39.5 Å². The summed E-state index contributed by atoms with van der Waals surface area (Å²) in [4.78, 5) is 14.5. The van der Waals surface area contributed by atoms with Crippen LogP contribution >= 0.6 is 0 Å². The highest BCUT2D eigenvalue weighted by Crippen LogP contribution is 2.34. The molecule has 0 aliphatic carbocycles. The number of hydrogen-bond acceptors (Lipinski definition) is 4. The standard InChI is InChI=1S/C17H25N5/c1-20-11-8-13(12-20)16-19-14-6-5-9-18-17(14)22(16)15-7-3-4-10-21(15)2/h5-6,9,13,15H,3-4,7-8,10-12H2,1-2H3. The van der Waals surface area contributed by atoms with Crippen molar-refractivity contribution in [2.24, 2.45) is 0 Å². The molecule has 2 fully saturated rings. The third kappa shape index (κ3) is 2.32. The Morgan fingerprint density at radius 1 is 1.14 bits per heavy atom. The van der Waals surface area contributed by atoms with Crippen LogP contribution in [0.3, 0.4) is 0 Å². The predicted octanol–water partition coefficient (Wildman–Crippen LogP) is 2.46. The minimum Gasteiger partial charge on any atom is -0.306 e. The Balaban J connectivity index is 1.82. The van der Waals surface area contributed by atoms with Gasteiger partial charge in [0.2, 0.25) is 0 Å². The van der Waals surface area contributed by atoms with Gasteiger partial charge >= 0.3 is 0 Å². The predicted molar refractivity (Wildman–Crippen MR) is 87.9 cm³/mol. The average molecular weight is 299 g/mol. The van der Waals surface area contributed by atoms with Crippen molar-refractivity contribution >= 4 is 11.2 Å². The van der Waals surface area contributed by atoms with E-state index in [9.17, 15) is 0 Å². The van der Waals surface area contributed by atoms with Gasteiger partial charge in [0.25, 0.3) is 0 Å². The Bertz CT molecular complexity index is 664. The zero-order chi connectivity index (χ0) is 15.1. The van der Waals surface area contributed by atoms with E-state index >= 15 is 0 Å². The summed E-state index contributed by atoms with van der Waals surface area (Å²) in [6.07, 6.45) is 7.31. The second-order valence-electron chi connectivity index (χ2n) is 6.89. The fourth-order valence-corrected chi connectivity index (χ4v) is 4.06. The molecule has 4 heterocycles. The van der Waals surface area contributed by atoms with E-state index in [1.807, 2.05) is 12.3 Å². The summed E-state index contributed by atoms with van der Waals surface area (Å²) in [6.45, 7) is 3.45. The van der Waals surface area contributed by atoms with Crippen molar-refractivity contribution in [3.05, 3.63) is 24.2 Å². The molecule has 0 bridgehead atoms. The molecule has 0 aromatic carbocycles. The van der Waals surface area contributed by atoms with E-state index in [1.165, 1.54) is 44.6 Å². The Morgan fingerprint density at radius 2 is 2.05 bits per heavy atom. The van der Waals surface area contributed by atoms with Gasteiger partial charge in [0.15, 0.2) is 5.65 Å². The molecule has 2 saturated heterocycles. The minimum absolute atomic E-state index is 0.412. The van der Waals surface area contributed by atoms with Crippen LogP contribution < -0.4 is 0 Å². The van der Waals surface area contributed by atoms with E-state index in [0.29, 0.717) is 12.1 Å². The maximum Gasteiger partial charge on any atom is 0.161 e. The Morgan fingerprint density at radius 3 is 2.82 bits per heavy atom. The lowest BCUT2D eigenvalue weighted by molar-refractivity contribution is 0.126. The molecule has 5 heteroatoms. The van der Waals surface area contributed by atoms with Crippen LogP contribution in [0.1, 0.15) is 43.6 Å². The van der Waals surface area contributed by atoms with E-state index in [0.717, 1.165) is 17.7 Å². The van der Waals surface area contributed by atoms with E-state index < -0.39 is 0 Å². The molecule has 4 rings (SSSR count). The minimum atomic E-state index is 0.412. The fraction of sp³-hybridized carbons (Fsp3) is 0.647. The summed E-state index contributed by atoms with van der Waals surface area (Å²) in [7, 11) is 4.45. The Kier molecular flexibility index (Phi) is 3.62. The topological polar surface area (TPSA) is 37.2 Å². The van der Waals surface area contributed by atoms with Crippen LogP contribution in [0, 0.1) is 0 Å². The molecule has 2 atom stereocenters. The van der Waals surface area contributed by atoms with Crippen molar-refractivity contribution in [3.8, 4) is 0 Å². The second kappa shape index (κ2) is 5.63. The van der Waals surface area contributed by atoms with Gasteiger partial charge in [-0.15, -0.1) is 0 Å². The van der Waals surface area contributed by atoms with Gasteiger partial charge in [-0.2, -0.15) is 0 Å². The van der Waals surface area contributed by atoms with Gasteiger partial charge in [-0.3, -0.25) is 9.47 Å².